The molecule has 88 valence electrons. The maximum atomic E-state index is 9.77. The third kappa shape index (κ3) is 2.54. The molecule has 2 heteroatoms. The number of aliphatic hydroxyl groups excluding tert-OH is 1. The minimum absolute atomic E-state index is 0.00397. The number of nitrogens with zero attached hydrogens (tertiary/aromatic N) is 1. The van der Waals surface area contributed by atoms with Gasteiger partial charge in [-0.1, -0.05) is 6.42 Å². The maximum Gasteiger partial charge on any atom is 0.0568 e. The lowest BCUT2D eigenvalue weighted by atomic mass is 9.98. The monoisotopic (exact) mass is 211 g/mol. The average molecular weight is 211 g/mol. The van der Waals surface area contributed by atoms with E-state index in [1.54, 1.807) is 0 Å². The van der Waals surface area contributed by atoms with Crippen LogP contribution in [0.15, 0.2) is 0 Å². The van der Waals surface area contributed by atoms with Crippen LogP contribution in [0.4, 0.5) is 0 Å². The second-order valence-corrected chi connectivity index (χ2v) is 5.95. The Morgan fingerprint density at radius 2 is 2.07 bits per heavy atom. The van der Waals surface area contributed by atoms with Crippen LogP contribution in [0.1, 0.15) is 52.4 Å². The summed E-state index contributed by atoms with van der Waals surface area (Å²) in [4.78, 5) is 2.61. The highest BCUT2D eigenvalue weighted by molar-refractivity contribution is 4.88. The summed E-state index contributed by atoms with van der Waals surface area (Å²) in [6.45, 7) is 7.15. The molecule has 2 unspecified atom stereocenters. The highest BCUT2D eigenvalue weighted by Crippen LogP contribution is 2.32. The quantitative estimate of drug-likeness (QED) is 0.775. The lowest BCUT2D eigenvalue weighted by molar-refractivity contribution is 0.105. The topological polar surface area (TPSA) is 23.5 Å². The van der Waals surface area contributed by atoms with Gasteiger partial charge in [0.25, 0.3) is 0 Å². The molecule has 0 radical (unpaired) electrons. The van der Waals surface area contributed by atoms with E-state index in [1.165, 1.54) is 45.2 Å². The summed E-state index contributed by atoms with van der Waals surface area (Å²) in [6.07, 6.45) is 7.39. The van der Waals surface area contributed by atoms with Crippen molar-refractivity contribution in [3.63, 3.8) is 0 Å². The van der Waals surface area contributed by atoms with Crippen LogP contribution in [0.5, 0.6) is 0 Å². The van der Waals surface area contributed by atoms with Crippen molar-refractivity contribution >= 4 is 0 Å². The molecule has 2 atom stereocenters. The molecule has 0 amide bonds. The van der Waals surface area contributed by atoms with Crippen LogP contribution in [-0.4, -0.2) is 34.7 Å². The van der Waals surface area contributed by atoms with Gasteiger partial charge in [0.05, 0.1) is 6.10 Å². The molecule has 0 bridgehead atoms. The van der Waals surface area contributed by atoms with Crippen molar-refractivity contribution in [3.05, 3.63) is 0 Å². The molecule has 1 saturated carbocycles. The van der Waals surface area contributed by atoms with Gasteiger partial charge >= 0.3 is 0 Å². The van der Waals surface area contributed by atoms with Gasteiger partial charge in [0.2, 0.25) is 0 Å². The summed E-state index contributed by atoms with van der Waals surface area (Å²) in [6, 6.07) is 0. The second kappa shape index (κ2) is 4.42. The molecule has 0 spiro atoms. The maximum absolute atomic E-state index is 9.77. The molecular formula is C13H25NO. The summed E-state index contributed by atoms with van der Waals surface area (Å²) < 4.78 is 0. The normalized spacial score (nSPS) is 36.2. The summed E-state index contributed by atoms with van der Waals surface area (Å²) in [7, 11) is 0. The molecule has 1 aliphatic heterocycles. The van der Waals surface area contributed by atoms with Gasteiger partial charge in [-0.25, -0.2) is 0 Å². The fourth-order valence-corrected chi connectivity index (χ4v) is 3.25. The lowest BCUT2D eigenvalue weighted by Gasteiger charge is -2.32. The molecule has 2 aliphatic rings. The van der Waals surface area contributed by atoms with Crippen LogP contribution in [0.3, 0.4) is 0 Å². The fourth-order valence-electron chi connectivity index (χ4n) is 3.25. The standard InChI is InChI=1S/C13H25NO/c1-13(2)8-4-9-14(13)10-7-11-5-3-6-12(11)15/h11-12,15H,3-10H2,1-2H3. The first-order valence-corrected chi connectivity index (χ1v) is 6.53. The van der Waals surface area contributed by atoms with E-state index in [9.17, 15) is 5.11 Å². The van der Waals surface area contributed by atoms with Crippen LogP contribution in [0.2, 0.25) is 0 Å². The van der Waals surface area contributed by atoms with Gasteiger partial charge < -0.3 is 5.11 Å². The Labute approximate surface area is 93.7 Å². The van der Waals surface area contributed by atoms with E-state index in [4.69, 9.17) is 0 Å². The van der Waals surface area contributed by atoms with E-state index in [0.29, 0.717) is 11.5 Å². The van der Waals surface area contributed by atoms with Gasteiger partial charge in [-0.2, -0.15) is 0 Å². The van der Waals surface area contributed by atoms with Crippen LogP contribution < -0.4 is 0 Å². The average Bonchev–Trinajstić information content (AvgIpc) is 2.69. The molecule has 2 nitrogen and oxygen atoms in total. The molecule has 1 heterocycles. The van der Waals surface area contributed by atoms with E-state index in [-0.39, 0.29) is 6.10 Å². The molecule has 1 aliphatic carbocycles. The second-order valence-electron chi connectivity index (χ2n) is 5.95. The Kier molecular flexibility index (Phi) is 3.36. The van der Waals surface area contributed by atoms with Crippen molar-refractivity contribution in [2.45, 2.75) is 64.0 Å². The van der Waals surface area contributed by atoms with Crippen LogP contribution >= 0.6 is 0 Å². The van der Waals surface area contributed by atoms with Crippen molar-refractivity contribution in [3.8, 4) is 0 Å². The molecular weight excluding hydrogens is 186 g/mol. The molecule has 0 aromatic heterocycles. The highest BCUT2D eigenvalue weighted by atomic mass is 16.3. The van der Waals surface area contributed by atoms with Crippen molar-refractivity contribution < 1.29 is 5.11 Å². The molecule has 15 heavy (non-hydrogen) atoms. The largest absolute Gasteiger partial charge is 0.393 e. The Hall–Kier alpha value is -0.0800. The lowest BCUT2D eigenvalue weighted by Crippen LogP contribution is -2.39. The first-order chi connectivity index (χ1) is 7.09. The SMILES string of the molecule is CC1(C)CCCN1CCC1CCCC1O. The van der Waals surface area contributed by atoms with Crippen molar-refractivity contribution in [1.82, 2.24) is 4.90 Å². The van der Waals surface area contributed by atoms with E-state index >= 15 is 0 Å². The summed E-state index contributed by atoms with van der Waals surface area (Å²) in [5.41, 5.74) is 0.406. The van der Waals surface area contributed by atoms with E-state index in [2.05, 4.69) is 18.7 Å². The van der Waals surface area contributed by atoms with Gasteiger partial charge in [0.1, 0.15) is 0 Å². The van der Waals surface area contributed by atoms with Crippen LogP contribution in [-0.2, 0) is 0 Å². The van der Waals surface area contributed by atoms with E-state index in [1.807, 2.05) is 0 Å². The highest BCUT2D eigenvalue weighted by Gasteiger charge is 2.33. The number of aliphatic hydroxyl groups is 1. The third-order valence-corrected chi connectivity index (χ3v) is 4.46. The molecule has 2 rings (SSSR count). The Bertz CT molecular complexity index is 215. The summed E-state index contributed by atoms with van der Waals surface area (Å²) >= 11 is 0. The number of hydrogen-bond acceptors (Lipinski definition) is 2. The predicted octanol–water partition coefficient (Wildman–Crippen LogP) is 2.41. The van der Waals surface area contributed by atoms with Gasteiger partial charge in [-0.05, 0) is 65.0 Å². The van der Waals surface area contributed by atoms with Crippen molar-refractivity contribution in [1.29, 1.82) is 0 Å². The van der Waals surface area contributed by atoms with Gasteiger partial charge in [0, 0.05) is 5.54 Å². The smallest absolute Gasteiger partial charge is 0.0568 e. The molecule has 0 aromatic carbocycles. The van der Waals surface area contributed by atoms with Gasteiger partial charge in [0.15, 0.2) is 0 Å². The van der Waals surface area contributed by atoms with Crippen molar-refractivity contribution in [2.75, 3.05) is 13.1 Å². The number of hydrogen-bond donors (Lipinski definition) is 1. The minimum atomic E-state index is -0.00397. The number of likely N-dealkylation sites (tertiary alicyclic amines) is 1. The summed E-state index contributed by atoms with van der Waals surface area (Å²) in [5.74, 6) is 0.585. The molecule has 0 aromatic rings. The third-order valence-electron chi connectivity index (χ3n) is 4.46. The Morgan fingerprint density at radius 3 is 2.60 bits per heavy atom. The van der Waals surface area contributed by atoms with Crippen LogP contribution in [0, 0.1) is 5.92 Å². The first kappa shape index (κ1) is 11.4. The van der Waals surface area contributed by atoms with E-state index < -0.39 is 0 Å². The van der Waals surface area contributed by atoms with Gasteiger partial charge in [-0.3, -0.25) is 4.90 Å². The van der Waals surface area contributed by atoms with Crippen LogP contribution in [0.25, 0.3) is 0 Å². The molecule has 2 fully saturated rings. The molecule has 1 saturated heterocycles. The Balaban J connectivity index is 1.78. The summed E-state index contributed by atoms with van der Waals surface area (Å²) in [5, 5.41) is 9.77. The zero-order valence-corrected chi connectivity index (χ0v) is 10.2. The Morgan fingerprint density at radius 1 is 1.27 bits per heavy atom. The minimum Gasteiger partial charge on any atom is -0.393 e. The predicted molar refractivity (Wildman–Crippen MR) is 62.9 cm³/mol. The van der Waals surface area contributed by atoms with E-state index in [0.717, 1.165) is 6.42 Å². The molecule has 1 N–H and O–H groups in total. The first-order valence-electron chi connectivity index (χ1n) is 6.53. The zero-order valence-electron chi connectivity index (χ0n) is 10.2. The fraction of sp³-hybridized carbons (Fsp3) is 1.00. The number of rotatable bonds is 3. The van der Waals surface area contributed by atoms with Crippen molar-refractivity contribution in [2.24, 2.45) is 5.92 Å². The zero-order chi connectivity index (χ0) is 10.9. The van der Waals surface area contributed by atoms with Gasteiger partial charge in [-0.15, -0.1) is 0 Å².